The average Bonchev–Trinajstić information content (AvgIpc) is 2.91. The zero-order valence-corrected chi connectivity index (χ0v) is 14.5. The van der Waals surface area contributed by atoms with Crippen LogP contribution in [0, 0.1) is 15.9 Å². The Bertz CT molecular complexity index is 1000. The molecule has 9 nitrogen and oxygen atoms in total. The highest BCUT2D eigenvalue weighted by Gasteiger charge is 2.33. The highest BCUT2D eigenvalue weighted by atomic mass is 19.1. The molecule has 2 aromatic rings. The first-order valence-electron chi connectivity index (χ1n) is 7.94. The zero-order chi connectivity index (χ0) is 20.4. The Morgan fingerprint density at radius 1 is 1.29 bits per heavy atom. The number of aromatic hydroxyl groups is 1. The van der Waals surface area contributed by atoms with Crippen LogP contribution in [0.2, 0.25) is 0 Å². The predicted molar refractivity (Wildman–Crippen MR) is 94.8 cm³/mol. The van der Waals surface area contributed by atoms with E-state index in [9.17, 15) is 29.2 Å². The second-order valence-electron chi connectivity index (χ2n) is 5.85. The number of nitrogens with one attached hydrogen (secondary N) is 1. The molecular formula is C18H14FN3O6. The summed E-state index contributed by atoms with van der Waals surface area (Å²) in [5.41, 5.74) is 0.0158. The standard InChI is InChI=1S/C18H14FN3O6/c1-28-15-8-11(7-14(16(15)23)22(26)27)6-13-17(24)21(18(25)20-13)9-10-2-4-12(19)5-3-10/h2-8,23H,9H2,1H3,(H,20,25)/b13-6+. The van der Waals surface area contributed by atoms with Crippen molar-refractivity contribution in [1.82, 2.24) is 10.2 Å². The summed E-state index contributed by atoms with van der Waals surface area (Å²) < 4.78 is 17.9. The highest BCUT2D eigenvalue weighted by Crippen LogP contribution is 2.37. The fraction of sp³-hybridized carbons (Fsp3) is 0.111. The number of carbonyl (C=O) groups is 2. The fourth-order valence-electron chi connectivity index (χ4n) is 2.65. The number of nitro benzene ring substituents is 1. The number of imide groups is 1. The Hall–Kier alpha value is -3.95. The minimum atomic E-state index is -0.796. The average molecular weight is 387 g/mol. The van der Waals surface area contributed by atoms with Gasteiger partial charge in [0.15, 0.2) is 5.75 Å². The van der Waals surface area contributed by atoms with E-state index in [4.69, 9.17) is 4.74 Å². The Morgan fingerprint density at radius 3 is 2.57 bits per heavy atom. The van der Waals surface area contributed by atoms with E-state index in [1.807, 2.05) is 0 Å². The third-order valence-electron chi connectivity index (χ3n) is 4.02. The van der Waals surface area contributed by atoms with Crippen LogP contribution in [0.4, 0.5) is 14.9 Å². The largest absolute Gasteiger partial charge is 0.500 e. The molecule has 10 heteroatoms. The normalized spacial score (nSPS) is 15.1. The lowest BCUT2D eigenvalue weighted by Gasteiger charge is -2.11. The van der Waals surface area contributed by atoms with Crippen molar-refractivity contribution in [3.8, 4) is 11.5 Å². The van der Waals surface area contributed by atoms with Crippen molar-refractivity contribution in [2.24, 2.45) is 0 Å². The third kappa shape index (κ3) is 3.61. The number of phenolic OH excluding ortho intramolecular Hbond substituents is 1. The molecule has 1 fully saturated rings. The number of methoxy groups -OCH3 is 1. The van der Waals surface area contributed by atoms with E-state index in [-0.39, 0.29) is 23.6 Å². The maximum absolute atomic E-state index is 13.0. The number of nitro groups is 1. The van der Waals surface area contributed by atoms with Crippen molar-refractivity contribution < 1.29 is 28.7 Å². The Morgan fingerprint density at radius 2 is 1.96 bits per heavy atom. The second kappa shape index (κ2) is 7.35. The van der Waals surface area contributed by atoms with Gasteiger partial charge >= 0.3 is 11.7 Å². The number of nitrogens with zero attached hydrogens (tertiary/aromatic N) is 2. The molecule has 0 atom stereocenters. The molecule has 1 aliphatic heterocycles. The van der Waals surface area contributed by atoms with Gasteiger partial charge in [0.1, 0.15) is 11.5 Å². The SMILES string of the molecule is COc1cc(/C=C2/NC(=O)N(Cc3ccc(F)cc3)C2=O)cc([N+](=O)[O-])c1O. The molecule has 1 saturated heterocycles. The number of hydrogen-bond acceptors (Lipinski definition) is 6. The summed E-state index contributed by atoms with van der Waals surface area (Å²) in [5, 5.41) is 23.3. The predicted octanol–water partition coefficient (Wildman–Crippen LogP) is 2.54. The third-order valence-corrected chi connectivity index (χ3v) is 4.02. The first-order chi connectivity index (χ1) is 13.3. The van der Waals surface area contributed by atoms with Gasteiger partial charge in [-0.15, -0.1) is 0 Å². The van der Waals surface area contributed by atoms with Crippen LogP contribution >= 0.6 is 0 Å². The lowest BCUT2D eigenvalue weighted by molar-refractivity contribution is -0.386. The molecule has 2 N–H and O–H groups in total. The molecule has 0 saturated carbocycles. The molecule has 0 aromatic heterocycles. The van der Waals surface area contributed by atoms with Crippen LogP contribution < -0.4 is 10.1 Å². The summed E-state index contributed by atoms with van der Waals surface area (Å²) in [6.07, 6.45) is 1.24. The maximum atomic E-state index is 13.0. The van der Waals surface area contributed by atoms with Gasteiger partial charge in [-0.2, -0.15) is 0 Å². The second-order valence-corrected chi connectivity index (χ2v) is 5.85. The summed E-state index contributed by atoms with van der Waals surface area (Å²) >= 11 is 0. The number of rotatable bonds is 5. The van der Waals surface area contributed by atoms with Crippen LogP contribution in [0.1, 0.15) is 11.1 Å². The minimum absolute atomic E-state index is 0.0681. The van der Waals surface area contributed by atoms with Gasteiger partial charge in [0.2, 0.25) is 5.75 Å². The summed E-state index contributed by atoms with van der Waals surface area (Å²) in [7, 11) is 1.22. The van der Waals surface area contributed by atoms with Gasteiger partial charge in [-0.25, -0.2) is 9.18 Å². The molecule has 3 amide bonds. The molecule has 0 unspecified atom stereocenters. The number of ether oxygens (including phenoxy) is 1. The van der Waals surface area contributed by atoms with Crippen LogP contribution in [0.5, 0.6) is 11.5 Å². The summed E-state index contributed by atoms with van der Waals surface area (Å²) in [4.78, 5) is 35.8. The molecular weight excluding hydrogens is 373 g/mol. The smallest absolute Gasteiger partial charge is 0.329 e. The number of halogens is 1. The number of amides is 3. The van der Waals surface area contributed by atoms with Crippen LogP contribution in [0.3, 0.4) is 0 Å². The Kier molecular flexibility index (Phi) is 4.94. The van der Waals surface area contributed by atoms with Crippen LogP contribution in [0.15, 0.2) is 42.1 Å². The molecule has 28 heavy (non-hydrogen) atoms. The Balaban J connectivity index is 1.90. The first kappa shape index (κ1) is 18.8. The van der Waals surface area contributed by atoms with Gasteiger partial charge < -0.3 is 15.2 Å². The summed E-state index contributed by atoms with van der Waals surface area (Å²) in [6, 6.07) is 6.99. The molecule has 3 rings (SSSR count). The lowest BCUT2D eigenvalue weighted by Crippen LogP contribution is -2.30. The van der Waals surface area contributed by atoms with E-state index in [2.05, 4.69) is 5.32 Å². The van der Waals surface area contributed by atoms with E-state index < -0.39 is 34.1 Å². The van der Waals surface area contributed by atoms with Crippen LogP contribution in [-0.4, -0.2) is 34.0 Å². The van der Waals surface area contributed by atoms with Crippen molar-refractivity contribution in [1.29, 1.82) is 0 Å². The highest BCUT2D eigenvalue weighted by molar-refractivity contribution is 6.13. The molecule has 0 spiro atoms. The van der Waals surface area contributed by atoms with Gasteiger partial charge in [0.05, 0.1) is 18.6 Å². The van der Waals surface area contributed by atoms with E-state index >= 15 is 0 Å². The van der Waals surface area contributed by atoms with Gasteiger partial charge in [-0.05, 0) is 35.4 Å². The first-order valence-corrected chi connectivity index (χ1v) is 7.94. The zero-order valence-electron chi connectivity index (χ0n) is 14.5. The van der Waals surface area contributed by atoms with Crippen LogP contribution in [0.25, 0.3) is 6.08 Å². The number of phenols is 1. The monoisotopic (exact) mass is 387 g/mol. The molecule has 0 aliphatic carbocycles. The van der Waals surface area contributed by atoms with Crippen molar-refractivity contribution in [2.75, 3.05) is 7.11 Å². The lowest BCUT2D eigenvalue weighted by atomic mass is 10.1. The summed E-state index contributed by atoms with van der Waals surface area (Å²) in [6.45, 7) is -0.0681. The summed E-state index contributed by atoms with van der Waals surface area (Å²) in [5.74, 6) is -1.89. The molecule has 1 aliphatic rings. The maximum Gasteiger partial charge on any atom is 0.329 e. The Labute approximate surface area is 157 Å². The van der Waals surface area contributed by atoms with Crippen molar-refractivity contribution in [2.45, 2.75) is 6.54 Å². The molecule has 0 radical (unpaired) electrons. The van der Waals surface area contributed by atoms with E-state index in [0.717, 1.165) is 11.0 Å². The van der Waals surface area contributed by atoms with Gasteiger partial charge in [0, 0.05) is 6.07 Å². The number of hydrogen-bond donors (Lipinski definition) is 2. The van der Waals surface area contributed by atoms with Crippen molar-refractivity contribution in [3.63, 3.8) is 0 Å². The molecule has 2 aromatic carbocycles. The van der Waals surface area contributed by atoms with Gasteiger partial charge in [0.25, 0.3) is 5.91 Å². The molecule has 1 heterocycles. The van der Waals surface area contributed by atoms with Gasteiger partial charge in [-0.3, -0.25) is 19.8 Å². The quantitative estimate of drug-likeness (QED) is 0.352. The van der Waals surface area contributed by atoms with Gasteiger partial charge in [-0.1, -0.05) is 12.1 Å². The van der Waals surface area contributed by atoms with E-state index in [1.54, 1.807) is 0 Å². The minimum Gasteiger partial charge on any atom is -0.500 e. The fourth-order valence-corrected chi connectivity index (χ4v) is 2.65. The number of benzene rings is 2. The van der Waals surface area contributed by atoms with Crippen molar-refractivity contribution >= 4 is 23.7 Å². The molecule has 144 valence electrons. The van der Waals surface area contributed by atoms with E-state index in [1.165, 1.54) is 43.5 Å². The number of urea groups is 1. The topological polar surface area (TPSA) is 122 Å². The van der Waals surface area contributed by atoms with E-state index in [0.29, 0.717) is 5.56 Å². The molecule has 0 bridgehead atoms. The number of carbonyl (C=O) groups excluding carboxylic acids is 2. The van der Waals surface area contributed by atoms with Crippen LogP contribution in [-0.2, 0) is 11.3 Å². The van der Waals surface area contributed by atoms with Crippen molar-refractivity contribution in [3.05, 3.63) is 69.2 Å².